The number of carbonyl (C=O) groups excluding carboxylic acids is 1. The van der Waals surface area contributed by atoms with E-state index in [9.17, 15) is 4.79 Å². The lowest BCUT2D eigenvalue weighted by Crippen LogP contribution is -2.26. The number of hydrogen-bond donors (Lipinski definition) is 1. The van der Waals surface area contributed by atoms with Gasteiger partial charge in [0.25, 0.3) is 0 Å². The van der Waals surface area contributed by atoms with Crippen molar-refractivity contribution in [2.75, 3.05) is 5.32 Å². The third kappa shape index (κ3) is 1.31. The van der Waals surface area contributed by atoms with Gasteiger partial charge >= 0.3 is 0 Å². The number of hydrogen-bond acceptors (Lipinski definition) is 1. The van der Waals surface area contributed by atoms with Gasteiger partial charge in [0, 0.05) is 5.69 Å². The van der Waals surface area contributed by atoms with Gasteiger partial charge in [0.05, 0.1) is 5.41 Å². The van der Waals surface area contributed by atoms with Gasteiger partial charge in [0.1, 0.15) is 0 Å². The van der Waals surface area contributed by atoms with Crippen LogP contribution < -0.4 is 5.32 Å². The second-order valence-corrected chi connectivity index (χ2v) is 3.62. The fourth-order valence-corrected chi connectivity index (χ4v) is 1.54. The van der Waals surface area contributed by atoms with Crippen molar-refractivity contribution in [1.82, 2.24) is 0 Å². The van der Waals surface area contributed by atoms with E-state index in [2.05, 4.69) is 5.32 Å². The molecule has 2 rings (SSSR count). The number of fused-ring (bicyclic) bond motifs is 1. The Balaban J connectivity index is 0.000000845. The largest absolute Gasteiger partial charge is 0.325 e. The van der Waals surface area contributed by atoms with Gasteiger partial charge in [-0.15, -0.1) is 12.4 Å². The molecule has 1 N–H and O–H groups in total. The molecule has 0 unspecified atom stereocenters. The summed E-state index contributed by atoms with van der Waals surface area (Å²) in [7, 11) is 0. The highest BCUT2D eigenvalue weighted by Crippen LogP contribution is 2.36. The Morgan fingerprint density at radius 1 is 1.23 bits per heavy atom. The van der Waals surface area contributed by atoms with Crippen LogP contribution in [-0.4, -0.2) is 5.91 Å². The van der Waals surface area contributed by atoms with Gasteiger partial charge in [-0.3, -0.25) is 4.79 Å². The van der Waals surface area contributed by atoms with Crippen LogP contribution in [-0.2, 0) is 10.2 Å². The molecule has 0 fully saturated rings. The van der Waals surface area contributed by atoms with Gasteiger partial charge in [-0.05, 0) is 25.5 Å². The Labute approximate surface area is 83.7 Å². The van der Waals surface area contributed by atoms with E-state index in [0.717, 1.165) is 11.3 Å². The maximum Gasteiger partial charge on any atom is 0.234 e. The van der Waals surface area contributed by atoms with E-state index >= 15 is 0 Å². The van der Waals surface area contributed by atoms with Crippen LogP contribution in [0.1, 0.15) is 19.4 Å². The van der Waals surface area contributed by atoms with Gasteiger partial charge < -0.3 is 5.32 Å². The van der Waals surface area contributed by atoms with Crippen LogP contribution in [0.15, 0.2) is 24.3 Å². The van der Waals surface area contributed by atoms with Gasteiger partial charge in [0.15, 0.2) is 0 Å². The Kier molecular flexibility index (Phi) is 2.35. The van der Waals surface area contributed by atoms with Crippen molar-refractivity contribution >= 4 is 24.0 Å². The summed E-state index contributed by atoms with van der Waals surface area (Å²) in [5, 5.41) is 2.85. The van der Waals surface area contributed by atoms with E-state index in [1.54, 1.807) is 0 Å². The summed E-state index contributed by atoms with van der Waals surface area (Å²) in [5.74, 6) is 0.0868. The monoisotopic (exact) mass is 197 g/mol. The minimum absolute atomic E-state index is 0. The van der Waals surface area contributed by atoms with Crippen LogP contribution in [0.25, 0.3) is 0 Å². The van der Waals surface area contributed by atoms with Gasteiger partial charge in [-0.2, -0.15) is 0 Å². The molecule has 0 saturated heterocycles. The molecular formula is C10H12ClNO. The van der Waals surface area contributed by atoms with Crippen LogP contribution in [0.5, 0.6) is 0 Å². The van der Waals surface area contributed by atoms with E-state index in [-0.39, 0.29) is 23.7 Å². The highest BCUT2D eigenvalue weighted by molar-refractivity contribution is 6.05. The maximum atomic E-state index is 11.4. The second-order valence-electron chi connectivity index (χ2n) is 3.62. The predicted molar refractivity (Wildman–Crippen MR) is 55.3 cm³/mol. The molecule has 0 saturated carbocycles. The first-order chi connectivity index (χ1) is 5.62. The number of halogens is 1. The normalized spacial score (nSPS) is 17.2. The van der Waals surface area contributed by atoms with Crippen molar-refractivity contribution < 1.29 is 4.79 Å². The molecule has 0 radical (unpaired) electrons. The number of anilines is 1. The summed E-state index contributed by atoms with van der Waals surface area (Å²) in [4.78, 5) is 11.4. The highest BCUT2D eigenvalue weighted by Gasteiger charge is 2.37. The molecule has 1 aromatic carbocycles. The van der Waals surface area contributed by atoms with Gasteiger partial charge in [-0.1, -0.05) is 18.2 Å². The zero-order valence-corrected chi connectivity index (χ0v) is 8.44. The van der Waals surface area contributed by atoms with Crippen LogP contribution >= 0.6 is 12.4 Å². The minimum atomic E-state index is -0.364. The van der Waals surface area contributed by atoms with E-state index in [4.69, 9.17) is 0 Å². The Morgan fingerprint density at radius 2 is 1.85 bits per heavy atom. The average Bonchev–Trinajstić information content (AvgIpc) is 2.25. The first-order valence-corrected chi connectivity index (χ1v) is 4.03. The predicted octanol–water partition coefficient (Wildman–Crippen LogP) is 2.34. The third-order valence-corrected chi connectivity index (χ3v) is 2.42. The lowest BCUT2D eigenvalue weighted by molar-refractivity contribution is -0.119. The Morgan fingerprint density at radius 3 is 2.46 bits per heavy atom. The number of nitrogens with one attached hydrogen (secondary N) is 1. The molecule has 0 aliphatic carbocycles. The quantitative estimate of drug-likeness (QED) is 0.680. The number of carbonyl (C=O) groups is 1. The minimum Gasteiger partial charge on any atom is -0.325 e. The summed E-state index contributed by atoms with van der Waals surface area (Å²) in [6, 6.07) is 7.82. The summed E-state index contributed by atoms with van der Waals surface area (Å²) in [6.07, 6.45) is 0. The van der Waals surface area contributed by atoms with E-state index in [1.807, 2.05) is 38.1 Å². The lowest BCUT2D eigenvalue weighted by Gasteiger charge is -2.14. The molecule has 2 nitrogen and oxygen atoms in total. The smallest absolute Gasteiger partial charge is 0.234 e. The SMILES string of the molecule is CC1(C)C(=O)Nc2ccccc21.Cl. The molecule has 1 aromatic rings. The lowest BCUT2D eigenvalue weighted by atomic mass is 9.86. The molecule has 70 valence electrons. The molecule has 1 heterocycles. The summed E-state index contributed by atoms with van der Waals surface area (Å²) in [5.41, 5.74) is 1.68. The van der Waals surface area contributed by atoms with Gasteiger partial charge in [-0.25, -0.2) is 0 Å². The van der Waals surface area contributed by atoms with Crippen molar-refractivity contribution in [3.05, 3.63) is 29.8 Å². The highest BCUT2D eigenvalue weighted by atomic mass is 35.5. The molecule has 13 heavy (non-hydrogen) atoms. The topological polar surface area (TPSA) is 29.1 Å². The molecular weight excluding hydrogens is 186 g/mol. The van der Waals surface area contributed by atoms with Crippen LogP contribution in [0.2, 0.25) is 0 Å². The van der Waals surface area contributed by atoms with E-state index < -0.39 is 0 Å². The average molecular weight is 198 g/mol. The molecule has 1 aliphatic heterocycles. The molecule has 0 bridgehead atoms. The van der Waals surface area contributed by atoms with Crippen molar-refractivity contribution in [2.24, 2.45) is 0 Å². The summed E-state index contributed by atoms with van der Waals surface area (Å²) in [6.45, 7) is 3.88. The zero-order valence-electron chi connectivity index (χ0n) is 7.63. The fraction of sp³-hybridized carbons (Fsp3) is 0.300. The van der Waals surface area contributed by atoms with E-state index in [1.165, 1.54) is 0 Å². The number of rotatable bonds is 0. The Bertz CT molecular complexity index is 347. The number of para-hydroxylation sites is 1. The molecule has 0 spiro atoms. The maximum absolute atomic E-state index is 11.4. The first-order valence-electron chi connectivity index (χ1n) is 4.03. The fourth-order valence-electron chi connectivity index (χ4n) is 1.54. The molecule has 1 aliphatic rings. The van der Waals surface area contributed by atoms with E-state index in [0.29, 0.717) is 0 Å². The number of amides is 1. The first kappa shape index (κ1) is 10.1. The van der Waals surface area contributed by atoms with Crippen molar-refractivity contribution in [1.29, 1.82) is 0 Å². The van der Waals surface area contributed by atoms with Crippen LogP contribution in [0.3, 0.4) is 0 Å². The van der Waals surface area contributed by atoms with Crippen molar-refractivity contribution in [2.45, 2.75) is 19.3 Å². The number of benzene rings is 1. The standard InChI is InChI=1S/C10H11NO.ClH/c1-10(2)7-5-3-4-6-8(7)11-9(10)12;/h3-6H,1-2H3,(H,11,12);1H. The third-order valence-electron chi connectivity index (χ3n) is 2.42. The van der Waals surface area contributed by atoms with Gasteiger partial charge in [0.2, 0.25) is 5.91 Å². The van der Waals surface area contributed by atoms with Crippen molar-refractivity contribution in [3.8, 4) is 0 Å². The summed E-state index contributed by atoms with van der Waals surface area (Å²) >= 11 is 0. The molecule has 0 atom stereocenters. The zero-order chi connectivity index (χ0) is 8.77. The van der Waals surface area contributed by atoms with Crippen molar-refractivity contribution in [3.63, 3.8) is 0 Å². The summed E-state index contributed by atoms with van der Waals surface area (Å²) < 4.78 is 0. The molecule has 3 heteroatoms. The van der Waals surface area contributed by atoms with Crippen LogP contribution in [0, 0.1) is 0 Å². The molecule has 1 amide bonds. The van der Waals surface area contributed by atoms with Crippen LogP contribution in [0.4, 0.5) is 5.69 Å². The second kappa shape index (κ2) is 3.04. The Hall–Kier alpha value is -1.02. The molecule has 0 aromatic heterocycles.